The van der Waals surface area contributed by atoms with Crippen molar-refractivity contribution in [2.24, 2.45) is 5.41 Å². The minimum absolute atomic E-state index is 0.0290. The van der Waals surface area contributed by atoms with E-state index >= 15 is 0 Å². The molecule has 0 aromatic rings. The lowest BCUT2D eigenvalue weighted by atomic mass is 9.77. The molecule has 0 aromatic carbocycles. The molecule has 110 valence electrons. The van der Waals surface area contributed by atoms with Gasteiger partial charge in [-0.15, -0.1) is 5.23 Å². The largest absolute Gasteiger partial charge is 0.371 e. The van der Waals surface area contributed by atoms with Crippen molar-refractivity contribution in [1.29, 1.82) is 0 Å². The fourth-order valence-electron chi connectivity index (χ4n) is 2.27. The van der Waals surface area contributed by atoms with Crippen LogP contribution in [0.4, 0.5) is 0 Å². The predicted molar refractivity (Wildman–Crippen MR) is 65.6 cm³/mol. The first kappa shape index (κ1) is 16.1. The minimum Gasteiger partial charge on any atom is -0.371 e. The predicted octanol–water partition coefficient (Wildman–Crippen LogP) is 1.79. The van der Waals surface area contributed by atoms with Gasteiger partial charge in [-0.3, -0.25) is 20.8 Å². The number of hydroxylamine groups is 4. The summed E-state index contributed by atoms with van der Waals surface area (Å²) in [4.78, 5) is 0. The van der Waals surface area contributed by atoms with Crippen LogP contribution in [0.15, 0.2) is 22.9 Å². The van der Waals surface area contributed by atoms with Gasteiger partial charge < -0.3 is 4.74 Å². The van der Waals surface area contributed by atoms with Crippen molar-refractivity contribution in [2.45, 2.75) is 39.8 Å². The lowest BCUT2D eigenvalue weighted by molar-refractivity contribution is -0.320. The zero-order valence-electron chi connectivity index (χ0n) is 11.8. The summed E-state index contributed by atoms with van der Waals surface area (Å²) in [6.07, 6.45) is 0.988. The van der Waals surface area contributed by atoms with Gasteiger partial charge in [-0.1, -0.05) is 32.1 Å². The van der Waals surface area contributed by atoms with Gasteiger partial charge in [-0.2, -0.15) is 0 Å². The summed E-state index contributed by atoms with van der Waals surface area (Å²) in [7, 11) is 1.46. The zero-order chi connectivity index (χ0) is 15.0. The first-order valence-electron chi connectivity index (χ1n) is 5.91. The summed E-state index contributed by atoms with van der Waals surface area (Å²) in [5.41, 5.74) is 0.835. The van der Waals surface area contributed by atoms with Gasteiger partial charge in [0.15, 0.2) is 0 Å². The van der Waals surface area contributed by atoms with E-state index in [0.717, 1.165) is 5.57 Å². The van der Waals surface area contributed by atoms with E-state index in [2.05, 4.69) is 0 Å². The normalized spacial score (nSPS) is 24.8. The Labute approximate surface area is 112 Å². The molecule has 1 aliphatic rings. The third-order valence-corrected chi connectivity index (χ3v) is 3.28. The van der Waals surface area contributed by atoms with E-state index in [4.69, 9.17) is 4.74 Å². The molecule has 7 nitrogen and oxygen atoms in total. The van der Waals surface area contributed by atoms with Crippen molar-refractivity contribution in [3.8, 4) is 0 Å². The van der Waals surface area contributed by atoms with Crippen LogP contribution in [0.5, 0.6) is 0 Å². The van der Waals surface area contributed by atoms with Crippen LogP contribution in [-0.2, 0) is 4.74 Å². The number of hydrogen-bond acceptors (Lipinski definition) is 7. The molecule has 0 saturated heterocycles. The van der Waals surface area contributed by atoms with E-state index < -0.39 is 12.1 Å². The van der Waals surface area contributed by atoms with Gasteiger partial charge in [0.1, 0.15) is 17.8 Å². The van der Waals surface area contributed by atoms with Crippen molar-refractivity contribution in [1.82, 2.24) is 10.5 Å². The summed E-state index contributed by atoms with van der Waals surface area (Å²) < 4.78 is 5.33. The van der Waals surface area contributed by atoms with Crippen LogP contribution >= 0.6 is 0 Å². The molecule has 19 heavy (non-hydrogen) atoms. The standard InChI is InChI=1S/C12H22N2O5/c1-7-9(13(15)16)6-8(12(2,3)4)11(19-5)10(7)14(17)18/h6,9,11,15-18H,1-5H3. The van der Waals surface area contributed by atoms with Crippen molar-refractivity contribution in [2.75, 3.05) is 7.11 Å². The Balaban J connectivity index is 3.39. The van der Waals surface area contributed by atoms with Gasteiger partial charge in [-0.05, 0) is 23.5 Å². The van der Waals surface area contributed by atoms with Crippen LogP contribution in [0.3, 0.4) is 0 Å². The van der Waals surface area contributed by atoms with Crippen LogP contribution < -0.4 is 0 Å². The third kappa shape index (κ3) is 3.14. The molecule has 0 aromatic heterocycles. The maximum atomic E-state index is 9.37. The first-order chi connectivity index (χ1) is 8.61. The Morgan fingerprint density at radius 3 is 2.00 bits per heavy atom. The summed E-state index contributed by atoms with van der Waals surface area (Å²) >= 11 is 0. The fourth-order valence-corrected chi connectivity index (χ4v) is 2.27. The Bertz CT molecular complexity index is 395. The molecular weight excluding hydrogens is 252 g/mol. The maximum Gasteiger partial charge on any atom is 0.123 e. The second-order valence-corrected chi connectivity index (χ2v) is 5.61. The highest BCUT2D eigenvalue weighted by atomic mass is 16.8. The number of nitrogens with zero attached hydrogens (tertiary/aromatic N) is 2. The van der Waals surface area contributed by atoms with Gasteiger partial charge in [0.2, 0.25) is 0 Å². The molecule has 2 atom stereocenters. The molecule has 2 unspecified atom stereocenters. The molecule has 0 heterocycles. The van der Waals surface area contributed by atoms with E-state index in [1.807, 2.05) is 20.8 Å². The number of rotatable bonds is 3. The second-order valence-electron chi connectivity index (χ2n) is 5.61. The van der Waals surface area contributed by atoms with E-state index in [-0.39, 0.29) is 21.6 Å². The number of ether oxygens (including phenoxy) is 1. The van der Waals surface area contributed by atoms with E-state index in [1.54, 1.807) is 13.0 Å². The van der Waals surface area contributed by atoms with Crippen LogP contribution in [0, 0.1) is 5.41 Å². The monoisotopic (exact) mass is 274 g/mol. The topological polar surface area (TPSA) is 96.6 Å². The third-order valence-electron chi connectivity index (χ3n) is 3.28. The molecule has 7 heteroatoms. The molecule has 1 rings (SSSR count). The molecule has 0 saturated carbocycles. The van der Waals surface area contributed by atoms with Gasteiger partial charge in [0.25, 0.3) is 0 Å². The van der Waals surface area contributed by atoms with Crippen LogP contribution in [0.25, 0.3) is 0 Å². The molecule has 4 N–H and O–H groups in total. The highest BCUT2D eigenvalue weighted by Crippen LogP contribution is 2.39. The van der Waals surface area contributed by atoms with Gasteiger partial charge in [0.05, 0.1) is 0 Å². The van der Waals surface area contributed by atoms with Crippen molar-refractivity contribution in [3.63, 3.8) is 0 Å². The fraction of sp³-hybridized carbons (Fsp3) is 0.667. The zero-order valence-corrected chi connectivity index (χ0v) is 11.8. The van der Waals surface area contributed by atoms with E-state index in [0.29, 0.717) is 5.57 Å². The Morgan fingerprint density at radius 2 is 1.68 bits per heavy atom. The Kier molecular flexibility index (Phi) is 4.72. The van der Waals surface area contributed by atoms with Crippen molar-refractivity contribution >= 4 is 0 Å². The molecule has 0 aliphatic heterocycles. The van der Waals surface area contributed by atoms with Gasteiger partial charge in [0, 0.05) is 7.11 Å². The average Bonchev–Trinajstić information content (AvgIpc) is 2.25. The summed E-state index contributed by atoms with van der Waals surface area (Å²) in [5, 5.41) is 37.3. The van der Waals surface area contributed by atoms with Crippen molar-refractivity contribution < 1.29 is 25.6 Å². The summed E-state index contributed by atoms with van der Waals surface area (Å²) in [5.74, 6) is 0. The van der Waals surface area contributed by atoms with Crippen LogP contribution in [0.1, 0.15) is 27.7 Å². The average molecular weight is 274 g/mol. The van der Waals surface area contributed by atoms with Gasteiger partial charge in [-0.25, -0.2) is 0 Å². The number of hydrogen-bond donors (Lipinski definition) is 4. The quantitative estimate of drug-likeness (QED) is 0.460. The van der Waals surface area contributed by atoms with E-state index in [9.17, 15) is 20.8 Å². The first-order valence-corrected chi connectivity index (χ1v) is 5.91. The molecule has 0 fully saturated rings. The molecular formula is C12H22N2O5. The van der Waals surface area contributed by atoms with E-state index in [1.165, 1.54) is 7.11 Å². The Hall–Kier alpha value is -0.960. The smallest absolute Gasteiger partial charge is 0.123 e. The molecule has 0 spiro atoms. The summed E-state index contributed by atoms with van der Waals surface area (Å²) in [6, 6.07) is -0.863. The Morgan fingerprint density at radius 1 is 1.16 bits per heavy atom. The molecule has 0 radical (unpaired) electrons. The molecule has 0 amide bonds. The SMILES string of the molecule is COC1C(C(C)(C)C)=CC(N(O)O)C(C)=C1N(O)O. The highest BCUT2D eigenvalue weighted by molar-refractivity contribution is 5.39. The lowest BCUT2D eigenvalue weighted by Crippen LogP contribution is -2.42. The second kappa shape index (κ2) is 5.58. The minimum atomic E-state index is -0.863. The molecule has 1 aliphatic carbocycles. The highest BCUT2D eigenvalue weighted by Gasteiger charge is 2.38. The molecule has 0 bridgehead atoms. The maximum absolute atomic E-state index is 9.37. The van der Waals surface area contributed by atoms with Crippen LogP contribution in [-0.4, -0.2) is 50.5 Å². The lowest BCUT2D eigenvalue weighted by Gasteiger charge is -2.38. The summed E-state index contributed by atoms with van der Waals surface area (Å²) in [6.45, 7) is 7.36. The van der Waals surface area contributed by atoms with Crippen molar-refractivity contribution in [3.05, 3.63) is 22.9 Å². The number of methoxy groups -OCH3 is 1. The van der Waals surface area contributed by atoms with Crippen LogP contribution in [0.2, 0.25) is 0 Å². The van der Waals surface area contributed by atoms with Gasteiger partial charge >= 0.3 is 0 Å².